The van der Waals surface area contributed by atoms with Crippen molar-refractivity contribution in [3.05, 3.63) is 99.1 Å². The molecule has 0 aliphatic heterocycles. The smallest absolute Gasteiger partial charge is 0.272 e. The standard InChI is InChI=1S/C21H17IN2O2/c22-19-12-6-5-11-18(19)21(25)24-23-14-17-10-4-7-13-20(17)26-15-16-8-2-1-3-9-16/h1-14H,15H2,(H,24,25)/b23-14+. The highest BCUT2D eigenvalue weighted by atomic mass is 127. The van der Waals surface area contributed by atoms with Gasteiger partial charge < -0.3 is 4.74 Å². The average molecular weight is 456 g/mol. The maximum absolute atomic E-state index is 12.2. The number of benzene rings is 3. The molecular weight excluding hydrogens is 439 g/mol. The van der Waals surface area contributed by atoms with Gasteiger partial charge in [0, 0.05) is 9.13 Å². The van der Waals surface area contributed by atoms with E-state index in [1.54, 1.807) is 12.3 Å². The number of nitrogens with one attached hydrogen (secondary N) is 1. The van der Waals surface area contributed by atoms with Crippen molar-refractivity contribution < 1.29 is 9.53 Å². The molecule has 0 aliphatic rings. The number of hydrogen-bond acceptors (Lipinski definition) is 3. The fourth-order valence-electron chi connectivity index (χ4n) is 2.32. The third kappa shape index (κ3) is 4.92. The van der Waals surface area contributed by atoms with Gasteiger partial charge in [-0.25, -0.2) is 5.43 Å². The summed E-state index contributed by atoms with van der Waals surface area (Å²) < 4.78 is 6.76. The van der Waals surface area contributed by atoms with Crippen LogP contribution in [0.15, 0.2) is 84.0 Å². The number of nitrogens with zero attached hydrogens (tertiary/aromatic N) is 1. The van der Waals surface area contributed by atoms with Gasteiger partial charge in [0.1, 0.15) is 12.4 Å². The lowest BCUT2D eigenvalue weighted by Gasteiger charge is -2.09. The molecule has 1 N–H and O–H groups in total. The lowest BCUT2D eigenvalue weighted by molar-refractivity contribution is 0.0954. The monoisotopic (exact) mass is 456 g/mol. The zero-order valence-electron chi connectivity index (χ0n) is 13.9. The van der Waals surface area contributed by atoms with Gasteiger partial charge in [0.15, 0.2) is 0 Å². The number of para-hydroxylation sites is 1. The summed E-state index contributed by atoms with van der Waals surface area (Å²) in [4.78, 5) is 12.2. The van der Waals surface area contributed by atoms with Gasteiger partial charge in [0.25, 0.3) is 5.91 Å². The van der Waals surface area contributed by atoms with Crippen LogP contribution in [0.2, 0.25) is 0 Å². The Morgan fingerprint density at radius 3 is 2.46 bits per heavy atom. The molecule has 0 atom stereocenters. The van der Waals surface area contributed by atoms with Crippen molar-refractivity contribution in [2.75, 3.05) is 0 Å². The summed E-state index contributed by atoms with van der Waals surface area (Å²) >= 11 is 2.13. The van der Waals surface area contributed by atoms with Crippen LogP contribution >= 0.6 is 22.6 Å². The van der Waals surface area contributed by atoms with Gasteiger partial charge in [0.05, 0.1) is 11.8 Å². The minimum absolute atomic E-state index is 0.242. The SMILES string of the molecule is O=C(N/N=C/c1ccccc1OCc1ccccc1)c1ccccc1I. The summed E-state index contributed by atoms with van der Waals surface area (Å²) in [6, 6.07) is 24.9. The van der Waals surface area contributed by atoms with Gasteiger partial charge in [-0.05, 0) is 52.4 Å². The van der Waals surface area contributed by atoms with E-state index in [2.05, 4.69) is 33.1 Å². The van der Waals surface area contributed by atoms with Crippen molar-refractivity contribution in [2.45, 2.75) is 6.61 Å². The molecule has 0 saturated heterocycles. The number of halogens is 1. The Morgan fingerprint density at radius 2 is 1.65 bits per heavy atom. The van der Waals surface area contributed by atoms with Crippen LogP contribution in [0.3, 0.4) is 0 Å². The Kier molecular flexibility index (Phi) is 6.38. The Hall–Kier alpha value is -2.67. The highest BCUT2D eigenvalue weighted by Crippen LogP contribution is 2.17. The largest absolute Gasteiger partial charge is 0.488 e. The molecule has 1 amide bonds. The van der Waals surface area contributed by atoms with Crippen LogP contribution < -0.4 is 10.2 Å². The van der Waals surface area contributed by atoms with Crippen molar-refractivity contribution >= 4 is 34.7 Å². The maximum Gasteiger partial charge on any atom is 0.272 e. The van der Waals surface area contributed by atoms with Crippen LogP contribution in [0.25, 0.3) is 0 Å². The van der Waals surface area contributed by atoms with E-state index in [-0.39, 0.29) is 5.91 Å². The molecule has 0 radical (unpaired) electrons. The zero-order valence-corrected chi connectivity index (χ0v) is 16.1. The van der Waals surface area contributed by atoms with Crippen LogP contribution in [0.5, 0.6) is 5.75 Å². The minimum Gasteiger partial charge on any atom is -0.488 e. The van der Waals surface area contributed by atoms with Crippen molar-refractivity contribution in [1.82, 2.24) is 5.43 Å². The summed E-state index contributed by atoms with van der Waals surface area (Å²) in [6.45, 7) is 0.472. The van der Waals surface area contributed by atoms with Gasteiger partial charge in [-0.1, -0.05) is 54.6 Å². The van der Waals surface area contributed by atoms with Gasteiger partial charge in [-0.3, -0.25) is 4.79 Å². The average Bonchev–Trinajstić information content (AvgIpc) is 2.68. The van der Waals surface area contributed by atoms with Crippen LogP contribution in [0, 0.1) is 3.57 Å². The van der Waals surface area contributed by atoms with Crippen molar-refractivity contribution in [1.29, 1.82) is 0 Å². The van der Waals surface area contributed by atoms with Gasteiger partial charge in [-0.15, -0.1) is 0 Å². The van der Waals surface area contributed by atoms with Crippen LogP contribution in [0.1, 0.15) is 21.5 Å². The minimum atomic E-state index is -0.242. The normalized spacial score (nSPS) is 10.7. The third-order valence-electron chi connectivity index (χ3n) is 3.64. The molecular formula is C21H17IN2O2. The number of hydrazone groups is 1. The molecule has 0 fully saturated rings. The molecule has 3 aromatic carbocycles. The van der Waals surface area contributed by atoms with Crippen LogP contribution in [-0.2, 0) is 6.61 Å². The zero-order chi connectivity index (χ0) is 18.2. The first-order chi connectivity index (χ1) is 12.7. The topological polar surface area (TPSA) is 50.7 Å². The second-order valence-corrected chi connectivity index (χ2v) is 6.65. The van der Waals surface area contributed by atoms with E-state index >= 15 is 0 Å². The predicted octanol–water partition coefficient (Wildman–Crippen LogP) is 4.63. The molecule has 0 bridgehead atoms. The van der Waals surface area contributed by atoms with Gasteiger partial charge in [-0.2, -0.15) is 5.10 Å². The van der Waals surface area contributed by atoms with Gasteiger partial charge in [0.2, 0.25) is 0 Å². The van der Waals surface area contributed by atoms with Crippen molar-refractivity contribution in [2.24, 2.45) is 5.10 Å². The first-order valence-electron chi connectivity index (χ1n) is 8.08. The van der Waals surface area contributed by atoms with Crippen LogP contribution in [0.4, 0.5) is 0 Å². The molecule has 0 heterocycles. The molecule has 3 aromatic rings. The summed E-state index contributed by atoms with van der Waals surface area (Å²) in [5.74, 6) is 0.470. The fourth-order valence-corrected chi connectivity index (χ4v) is 2.95. The summed E-state index contributed by atoms with van der Waals surface area (Å²) in [5, 5.41) is 4.07. The molecule has 3 rings (SSSR count). The summed E-state index contributed by atoms with van der Waals surface area (Å²) in [6.07, 6.45) is 1.59. The van der Waals surface area contributed by atoms with Crippen molar-refractivity contribution in [3.8, 4) is 5.75 Å². The Morgan fingerprint density at radius 1 is 0.962 bits per heavy atom. The van der Waals surface area contributed by atoms with E-state index in [0.29, 0.717) is 17.9 Å². The third-order valence-corrected chi connectivity index (χ3v) is 4.59. The lowest BCUT2D eigenvalue weighted by Crippen LogP contribution is -2.18. The molecule has 0 unspecified atom stereocenters. The predicted molar refractivity (Wildman–Crippen MR) is 111 cm³/mol. The molecule has 0 saturated carbocycles. The number of carbonyl (C=O) groups excluding carboxylic acids is 1. The van der Waals surface area contributed by atoms with E-state index in [0.717, 1.165) is 14.7 Å². The molecule has 4 nitrogen and oxygen atoms in total. The van der Waals surface area contributed by atoms with Crippen LogP contribution in [-0.4, -0.2) is 12.1 Å². The van der Waals surface area contributed by atoms with E-state index < -0.39 is 0 Å². The quantitative estimate of drug-likeness (QED) is 0.334. The van der Waals surface area contributed by atoms with E-state index in [1.807, 2.05) is 72.8 Å². The first kappa shape index (κ1) is 18.1. The lowest BCUT2D eigenvalue weighted by atomic mass is 10.2. The van der Waals surface area contributed by atoms with E-state index in [1.165, 1.54) is 0 Å². The molecule has 0 aromatic heterocycles. The Labute approximate surface area is 166 Å². The van der Waals surface area contributed by atoms with Crippen molar-refractivity contribution in [3.63, 3.8) is 0 Å². The maximum atomic E-state index is 12.2. The molecule has 0 spiro atoms. The highest BCUT2D eigenvalue weighted by molar-refractivity contribution is 14.1. The van der Waals surface area contributed by atoms with Gasteiger partial charge >= 0.3 is 0 Å². The summed E-state index contributed by atoms with van der Waals surface area (Å²) in [7, 11) is 0. The summed E-state index contributed by atoms with van der Waals surface area (Å²) in [5.41, 5.74) is 5.04. The fraction of sp³-hybridized carbons (Fsp3) is 0.0476. The number of rotatable bonds is 6. The van der Waals surface area contributed by atoms with E-state index in [4.69, 9.17) is 4.74 Å². The Balaban J connectivity index is 1.65. The first-order valence-corrected chi connectivity index (χ1v) is 9.15. The Bertz CT molecular complexity index is 911. The highest BCUT2D eigenvalue weighted by Gasteiger charge is 2.07. The number of amides is 1. The second kappa shape index (κ2) is 9.15. The van der Waals surface area contributed by atoms with E-state index in [9.17, 15) is 4.79 Å². The molecule has 130 valence electrons. The molecule has 26 heavy (non-hydrogen) atoms. The number of hydrogen-bond donors (Lipinski definition) is 1. The number of ether oxygens (including phenoxy) is 1. The number of carbonyl (C=O) groups is 1. The molecule has 0 aliphatic carbocycles. The second-order valence-electron chi connectivity index (χ2n) is 5.49. The molecule has 5 heteroatoms.